The average Bonchev–Trinajstić information content (AvgIpc) is 3.14. The van der Waals surface area contributed by atoms with E-state index in [1.54, 1.807) is 18.1 Å². The maximum absolute atomic E-state index is 12.7. The standard InChI is InChI=1S/C18H25N5O2/c1-3-25-17-7-5-4-6-14(17)12-22(2)18(24)16-13-23(21-20-16)15-8-10-19-11-9-15/h4-7,13,15,19H,3,8-12H2,1-2H3. The van der Waals surface area contributed by atoms with Gasteiger partial charge in [0.2, 0.25) is 0 Å². The third-order valence-corrected chi connectivity index (χ3v) is 4.44. The van der Waals surface area contributed by atoms with Gasteiger partial charge in [-0.2, -0.15) is 0 Å². The first-order chi connectivity index (χ1) is 12.2. The van der Waals surface area contributed by atoms with Crippen LogP contribution in [0.5, 0.6) is 5.75 Å². The Morgan fingerprint density at radius 3 is 2.88 bits per heavy atom. The number of piperidine rings is 1. The van der Waals surface area contributed by atoms with Crippen LogP contribution >= 0.6 is 0 Å². The fourth-order valence-corrected chi connectivity index (χ4v) is 3.08. The van der Waals surface area contributed by atoms with Gasteiger partial charge < -0.3 is 15.0 Å². The Labute approximate surface area is 148 Å². The largest absolute Gasteiger partial charge is 0.494 e. The van der Waals surface area contributed by atoms with E-state index in [0.717, 1.165) is 37.2 Å². The van der Waals surface area contributed by atoms with Gasteiger partial charge >= 0.3 is 0 Å². The van der Waals surface area contributed by atoms with E-state index in [4.69, 9.17) is 4.74 Å². The molecule has 1 N–H and O–H groups in total. The minimum atomic E-state index is -0.133. The second-order valence-electron chi connectivity index (χ2n) is 6.27. The maximum Gasteiger partial charge on any atom is 0.276 e. The van der Waals surface area contributed by atoms with E-state index in [1.807, 2.05) is 35.9 Å². The molecule has 3 rings (SSSR count). The van der Waals surface area contributed by atoms with E-state index in [0.29, 0.717) is 24.9 Å². The zero-order valence-corrected chi connectivity index (χ0v) is 14.8. The Balaban J connectivity index is 1.67. The van der Waals surface area contributed by atoms with Crippen molar-refractivity contribution < 1.29 is 9.53 Å². The second kappa shape index (κ2) is 8.11. The lowest BCUT2D eigenvalue weighted by Crippen LogP contribution is -2.29. The van der Waals surface area contributed by atoms with Gasteiger partial charge in [-0.05, 0) is 38.9 Å². The SMILES string of the molecule is CCOc1ccccc1CN(C)C(=O)c1cn(C2CCNCC2)nn1. The summed E-state index contributed by atoms with van der Waals surface area (Å²) in [7, 11) is 1.77. The van der Waals surface area contributed by atoms with Crippen LogP contribution in [0.15, 0.2) is 30.5 Å². The second-order valence-corrected chi connectivity index (χ2v) is 6.27. The zero-order chi connectivity index (χ0) is 17.6. The van der Waals surface area contributed by atoms with Crippen molar-refractivity contribution in [3.8, 4) is 5.75 Å². The molecule has 0 atom stereocenters. The number of rotatable bonds is 6. The molecule has 0 aliphatic carbocycles. The van der Waals surface area contributed by atoms with Gasteiger partial charge in [0, 0.05) is 19.2 Å². The number of nitrogens with one attached hydrogen (secondary N) is 1. The van der Waals surface area contributed by atoms with Crippen LogP contribution in [0, 0.1) is 0 Å². The number of benzene rings is 1. The Hall–Kier alpha value is -2.41. The number of aromatic nitrogens is 3. The molecule has 1 fully saturated rings. The van der Waals surface area contributed by atoms with Gasteiger partial charge in [-0.3, -0.25) is 4.79 Å². The Morgan fingerprint density at radius 1 is 1.36 bits per heavy atom. The van der Waals surface area contributed by atoms with E-state index >= 15 is 0 Å². The quantitative estimate of drug-likeness (QED) is 0.867. The van der Waals surface area contributed by atoms with Crippen LogP contribution in [0.25, 0.3) is 0 Å². The third kappa shape index (κ3) is 4.17. The van der Waals surface area contributed by atoms with Crippen LogP contribution in [-0.2, 0) is 6.54 Å². The van der Waals surface area contributed by atoms with Gasteiger partial charge in [-0.1, -0.05) is 23.4 Å². The van der Waals surface area contributed by atoms with Crippen LogP contribution in [0.1, 0.15) is 41.9 Å². The molecule has 7 nitrogen and oxygen atoms in total. The molecule has 0 bridgehead atoms. The first-order valence-corrected chi connectivity index (χ1v) is 8.77. The van der Waals surface area contributed by atoms with Crippen LogP contribution in [-0.4, -0.2) is 52.5 Å². The lowest BCUT2D eigenvalue weighted by atomic mass is 10.1. The summed E-state index contributed by atoms with van der Waals surface area (Å²) in [6, 6.07) is 8.09. The number of carbonyl (C=O) groups is 1. The van der Waals surface area contributed by atoms with Crippen molar-refractivity contribution in [3.05, 3.63) is 41.7 Å². The molecule has 1 aromatic carbocycles. The molecule has 1 saturated heterocycles. The molecule has 0 radical (unpaired) electrons. The predicted octanol–water partition coefficient (Wildman–Crippen LogP) is 1.87. The molecule has 25 heavy (non-hydrogen) atoms. The van der Waals surface area contributed by atoms with Gasteiger partial charge in [0.15, 0.2) is 5.69 Å². The van der Waals surface area contributed by atoms with E-state index in [9.17, 15) is 4.79 Å². The molecule has 2 aromatic rings. The molecule has 134 valence electrons. The smallest absolute Gasteiger partial charge is 0.276 e. The van der Waals surface area contributed by atoms with Gasteiger partial charge in [-0.25, -0.2) is 4.68 Å². The zero-order valence-electron chi connectivity index (χ0n) is 14.8. The van der Waals surface area contributed by atoms with Crippen molar-refractivity contribution in [1.29, 1.82) is 0 Å². The van der Waals surface area contributed by atoms with Crippen LogP contribution in [0.3, 0.4) is 0 Å². The summed E-state index contributed by atoms with van der Waals surface area (Å²) >= 11 is 0. The maximum atomic E-state index is 12.7. The first-order valence-electron chi connectivity index (χ1n) is 8.77. The van der Waals surface area contributed by atoms with Crippen molar-refractivity contribution >= 4 is 5.91 Å². The molecule has 0 spiro atoms. The first kappa shape index (κ1) is 17.4. The van der Waals surface area contributed by atoms with E-state index < -0.39 is 0 Å². The summed E-state index contributed by atoms with van der Waals surface area (Å²) in [5.74, 6) is 0.675. The Morgan fingerprint density at radius 2 is 2.12 bits per heavy atom. The minimum Gasteiger partial charge on any atom is -0.494 e. The number of amides is 1. The highest BCUT2D eigenvalue weighted by Gasteiger charge is 2.21. The number of carbonyl (C=O) groups excluding carboxylic acids is 1. The van der Waals surface area contributed by atoms with Crippen molar-refractivity contribution in [2.75, 3.05) is 26.7 Å². The predicted molar refractivity (Wildman–Crippen MR) is 94.6 cm³/mol. The molecule has 1 aliphatic heterocycles. The number of hydrogen-bond acceptors (Lipinski definition) is 5. The summed E-state index contributed by atoms with van der Waals surface area (Å²) in [6.45, 7) is 4.96. The lowest BCUT2D eigenvalue weighted by Gasteiger charge is -2.22. The lowest BCUT2D eigenvalue weighted by molar-refractivity contribution is 0.0778. The van der Waals surface area contributed by atoms with Gasteiger partial charge in [0.05, 0.1) is 18.8 Å². The van der Waals surface area contributed by atoms with Crippen molar-refractivity contribution in [3.63, 3.8) is 0 Å². The van der Waals surface area contributed by atoms with E-state index in [-0.39, 0.29) is 5.91 Å². The fraction of sp³-hybridized carbons (Fsp3) is 0.500. The summed E-state index contributed by atoms with van der Waals surface area (Å²) in [5.41, 5.74) is 1.36. The number of ether oxygens (including phenoxy) is 1. The minimum absolute atomic E-state index is 0.133. The molecule has 7 heteroatoms. The summed E-state index contributed by atoms with van der Waals surface area (Å²) in [5, 5.41) is 11.6. The Bertz CT molecular complexity index is 709. The van der Waals surface area contributed by atoms with E-state index in [2.05, 4.69) is 15.6 Å². The van der Waals surface area contributed by atoms with Gasteiger partial charge in [0.1, 0.15) is 5.75 Å². The van der Waals surface area contributed by atoms with Gasteiger partial charge in [0.25, 0.3) is 5.91 Å². The van der Waals surface area contributed by atoms with Crippen molar-refractivity contribution in [2.24, 2.45) is 0 Å². The van der Waals surface area contributed by atoms with Gasteiger partial charge in [-0.15, -0.1) is 5.10 Å². The highest BCUT2D eigenvalue weighted by atomic mass is 16.5. The normalized spacial score (nSPS) is 15.1. The average molecular weight is 343 g/mol. The molecule has 1 aromatic heterocycles. The molecular formula is C18H25N5O2. The van der Waals surface area contributed by atoms with Crippen LogP contribution in [0.4, 0.5) is 0 Å². The summed E-state index contributed by atoms with van der Waals surface area (Å²) < 4.78 is 7.46. The topological polar surface area (TPSA) is 72.3 Å². The van der Waals surface area contributed by atoms with E-state index in [1.165, 1.54) is 0 Å². The summed E-state index contributed by atoms with van der Waals surface area (Å²) in [4.78, 5) is 14.3. The number of para-hydroxylation sites is 1. The molecule has 0 saturated carbocycles. The Kier molecular flexibility index (Phi) is 5.65. The number of nitrogens with zero attached hydrogens (tertiary/aromatic N) is 4. The molecule has 1 aliphatic rings. The highest BCUT2D eigenvalue weighted by Crippen LogP contribution is 2.21. The monoisotopic (exact) mass is 343 g/mol. The molecule has 0 unspecified atom stereocenters. The van der Waals surface area contributed by atoms with Crippen molar-refractivity contribution in [2.45, 2.75) is 32.4 Å². The number of hydrogen-bond donors (Lipinski definition) is 1. The molecular weight excluding hydrogens is 318 g/mol. The van der Waals surface area contributed by atoms with Crippen LogP contribution in [0.2, 0.25) is 0 Å². The van der Waals surface area contributed by atoms with Crippen molar-refractivity contribution in [1.82, 2.24) is 25.2 Å². The molecule has 1 amide bonds. The van der Waals surface area contributed by atoms with Crippen LogP contribution < -0.4 is 10.1 Å². The molecule has 2 heterocycles. The third-order valence-electron chi connectivity index (χ3n) is 4.44. The summed E-state index contributed by atoms with van der Waals surface area (Å²) in [6.07, 6.45) is 3.78. The highest BCUT2D eigenvalue weighted by molar-refractivity contribution is 5.91. The fourth-order valence-electron chi connectivity index (χ4n) is 3.08.